The van der Waals surface area contributed by atoms with E-state index < -0.39 is 0 Å². The molecule has 0 amide bonds. The van der Waals surface area contributed by atoms with Gasteiger partial charge in [-0.05, 0) is 29.3 Å². The molecule has 2 heterocycles. The first-order chi connectivity index (χ1) is 13.9. The first-order valence-corrected chi connectivity index (χ1v) is 9.06. The quantitative estimate of drug-likeness (QED) is 0.431. The molecule has 28 heavy (non-hydrogen) atoms. The van der Waals surface area contributed by atoms with Crippen molar-refractivity contribution in [3.05, 3.63) is 97.6 Å². The first-order valence-electron chi connectivity index (χ1n) is 9.06. The number of nitrogens with zero attached hydrogens (tertiary/aromatic N) is 4. The SMILES string of the molecule is c1cc(-c2ccc(-c3ccc4ccccc4n3)cc2)cc(-c2ncncn2)c1. The molecule has 0 radical (unpaired) electrons. The van der Waals surface area contributed by atoms with Crippen LogP contribution in [0.5, 0.6) is 0 Å². The van der Waals surface area contributed by atoms with E-state index in [0.29, 0.717) is 5.82 Å². The summed E-state index contributed by atoms with van der Waals surface area (Å²) in [5, 5.41) is 1.15. The number of hydrogen-bond donors (Lipinski definition) is 0. The van der Waals surface area contributed by atoms with Crippen LogP contribution in [0, 0.1) is 0 Å². The van der Waals surface area contributed by atoms with E-state index in [1.165, 1.54) is 12.7 Å². The molecule has 0 spiro atoms. The summed E-state index contributed by atoms with van der Waals surface area (Å²) in [5.41, 5.74) is 6.32. The van der Waals surface area contributed by atoms with Crippen LogP contribution in [0.2, 0.25) is 0 Å². The second-order valence-corrected chi connectivity index (χ2v) is 6.51. The monoisotopic (exact) mass is 360 g/mol. The summed E-state index contributed by atoms with van der Waals surface area (Å²) in [4.78, 5) is 17.1. The lowest BCUT2D eigenvalue weighted by atomic mass is 10.0. The molecular weight excluding hydrogens is 344 g/mol. The van der Waals surface area contributed by atoms with E-state index in [1.54, 1.807) is 0 Å². The van der Waals surface area contributed by atoms with E-state index in [0.717, 1.165) is 38.9 Å². The van der Waals surface area contributed by atoms with E-state index in [2.05, 4.69) is 69.5 Å². The normalized spacial score (nSPS) is 10.9. The van der Waals surface area contributed by atoms with Crippen molar-refractivity contribution in [2.75, 3.05) is 0 Å². The number of para-hydroxylation sites is 1. The largest absolute Gasteiger partial charge is 0.248 e. The van der Waals surface area contributed by atoms with E-state index in [4.69, 9.17) is 4.98 Å². The van der Waals surface area contributed by atoms with Gasteiger partial charge in [-0.1, -0.05) is 66.7 Å². The topological polar surface area (TPSA) is 51.6 Å². The smallest absolute Gasteiger partial charge is 0.162 e. The zero-order valence-corrected chi connectivity index (χ0v) is 15.0. The molecule has 5 aromatic rings. The van der Waals surface area contributed by atoms with Gasteiger partial charge >= 0.3 is 0 Å². The van der Waals surface area contributed by atoms with Gasteiger partial charge < -0.3 is 0 Å². The Bertz CT molecular complexity index is 1250. The molecule has 0 fully saturated rings. The van der Waals surface area contributed by atoms with Crippen LogP contribution < -0.4 is 0 Å². The lowest BCUT2D eigenvalue weighted by Gasteiger charge is -2.07. The van der Waals surface area contributed by atoms with Gasteiger partial charge in [0.05, 0.1) is 11.2 Å². The molecule has 4 heteroatoms. The van der Waals surface area contributed by atoms with Gasteiger partial charge in [0.2, 0.25) is 0 Å². The van der Waals surface area contributed by atoms with Crippen molar-refractivity contribution in [2.24, 2.45) is 0 Å². The van der Waals surface area contributed by atoms with Crippen molar-refractivity contribution < 1.29 is 0 Å². The molecule has 132 valence electrons. The van der Waals surface area contributed by atoms with E-state index in [9.17, 15) is 0 Å². The van der Waals surface area contributed by atoms with Gasteiger partial charge in [-0.3, -0.25) is 0 Å². The molecule has 0 unspecified atom stereocenters. The van der Waals surface area contributed by atoms with Crippen molar-refractivity contribution in [1.82, 2.24) is 19.9 Å². The maximum absolute atomic E-state index is 4.78. The average molecular weight is 360 g/mol. The lowest BCUT2D eigenvalue weighted by Crippen LogP contribution is -1.89. The molecule has 0 atom stereocenters. The molecule has 0 bridgehead atoms. The fourth-order valence-electron chi connectivity index (χ4n) is 3.29. The Balaban J connectivity index is 1.48. The van der Waals surface area contributed by atoms with E-state index >= 15 is 0 Å². The van der Waals surface area contributed by atoms with Crippen LogP contribution in [0.1, 0.15) is 0 Å². The molecule has 0 N–H and O–H groups in total. The summed E-state index contributed by atoms with van der Waals surface area (Å²) in [7, 11) is 0. The third kappa shape index (κ3) is 3.12. The summed E-state index contributed by atoms with van der Waals surface area (Å²) in [6.45, 7) is 0. The molecule has 3 aromatic carbocycles. The Morgan fingerprint density at radius 1 is 0.536 bits per heavy atom. The molecule has 5 rings (SSSR count). The highest BCUT2D eigenvalue weighted by Crippen LogP contribution is 2.27. The first kappa shape index (κ1) is 16.3. The van der Waals surface area contributed by atoms with Crippen molar-refractivity contribution in [3.63, 3.8) is 0 Å². The highest BCUT2D eigenvalue weighted by Gasteiger charge is 2.05. The fourth-order valence-corrected chi connectivity index (χ4v) is 3.29. The van der Waals surface area contributed by atoms with E-state index in [1.807, 2.05) is 30.3 Å². The molecule has 0 aliphatic carbocycles. The minimum atomic E-state index is 0.675. The number of benzene rings is 3. The second kappa shape index (κ2) is 7.00. The van der Waals surface area contributed by atoms with Crippen LogP contribution in [0.3, 0.4) is 0 Å². The predicted octanol–water partition coefficient (Wildman–Crippen LogP) is 5.42. The Hall–Kier alpha value is -3.92. The van der Waals surface area contributed by atoms with Crippen LogP contribution in [0.4, 0.5) is 0 Å². The second-order valence-electron chi connectivity index (χ2n) is 6.51. The Morgan fingerprint density at radius 3 is 2.14 bits per heavy atom. The summed E-state index contributed by atoms with van der Waals surface area (Å²) in [5.74, 6) is 0.675. The fraction of sp³-hybridized carbons (Fsp3) is 0. The van der Waals surface area contributed by atoms with Crippen molar-refractivity contribution in [3.8, 4) is 33.8 Å². The number of rotatable bonds is 3. The van der Waals surface area contributed by atoms with Crippen molar-refractivity contribution >= 4 is 10.9 Å². The number of hydrogen-bond acceptors (Lipinski definition) is 4. The predicted molar refractivity (Wildman–Crippen MR) is 111 cm³/mol. The maximum Gasteiger partial charge on any atom is 0.162 e. The van der Waals surface area contributed by atoms with Crippen molar-refractivity contribution in [2.45, 2.75) is 0 Å². The van der Waals surface area contributed by atoms with Crippen LogP contribution in [-0.2, 0) is 0 Å². The molecule has 0 saturated heterocycles. The lowest BCUT2D eigenvalue weighted by molar-refractivity contribution is 1.06. The zero-order chi connectivity index (χ0) is 18.8. The Kier molecular flexibility index (Phi) is 4.07. The standard InChI is InChI=1S/C24H16N4/c1-2-7-22-18(4-1)12-13-23(28-22)19-10-8-17(9-11-19)20-5-3-6-21(14-20)24-26-15-25-16-27-24/h1-16H. The van der Waals surface area contributed by atoms with Gasteiger partial charge in [0, 0.05) is 16.5 Å². The third-order valence-corrected chi connectivity index (χ3v) is 4.73. The molecule has 0 saturated carbocycles. The van der Waals surface area contributed by atoms with E-state index in [-0.39, 0.29) is 0 Å². The summed E-state index contributed by atoms with van der Waals surface area (Å²) < 4.78 is 0. The van der Waals surface area contributed by atoms with Gasteiger partial charge in [-0.2, -0.15) is 0 Å². The van der Waals surface area contributed by atoms with Gasteiger partial charge in [0.1, 0.15) is 12.7 Å². The van der Waals surface area contributed by atoms with Crippen molar-refractivity contribution in [1.29, 1.82) is 0 Å². The summed E-state index contributed by atoms with van der Waals surface area (Å²) in [6.07, 6.45) is 3.03. The zero-order valence-electron chi connectivity index (χ0n) is 15.0. The van der Waals surface area contributed by atoms with Gasteiger partial charge in [0.15, 0.2) is 5.82 Å². The molecule has 0 aliphatic rings. The van der Waals surface area contributed by atoms with Crippen LogP contribution >= 0.6 is 0 Å². The van der Waals surface area contributed by atoms with Gasteiger partial charge in [-0.25, -0.2) is 19.9 Å². The van der Waals surface area contributed by atoms with Crippen LogP contribution in [-0.4, -0.2) is 19.9 Å². The molecule has 0 aliphatic heterocycles. The maximum atomic E-state index is 4.78. The third-order valence-electron chi connectivity index (χ3n) is 4.73. The summed E-state index contributed by atoms with van der Waals surface area (Å²) in [6, 6.07) is 29.0. The van der Waals surface area contributed by atoms with Gasteiger partial charge in [0.25, 0.3) is 0 Å². The highest BCUT2D eigenvalue weighted by atomic mass is 15.0. The molecular formula is C24H16N4. The minimum Gasteiger partial charge on any atom is -0.248 e. The summed E-state index contributed by atoms with van der Waals surface area (Å²) >= 11 is 0. The van der Waals surface area contributed by atoms with Crippen LogP contribution in [0.25, 0.3) is 44.7 Å². The number of fused-ring (bicyclic) bond motifs is 1. The molecule has 4 nitrogen and oxygen atoms in total. The average Bonchev–Trinajstić information content (AvgIpc) is 2.79. The number of aromatic nitrogens is 4. The van der Waals surface area contributed by atoms with Crippen LogP contribution in [0.15, 0.2) is 97.6 Å². The minimum absolute atomic E-state index is 0.675. The Morgan fingerprint density at radius 2 is 1.29 bits per heavy atom. The highest BCUT2D eigenvalue weighted by molar-refractivity contribution is 5.82. The number of pyridine rings is 1. The molecule has 2 aromatic heterocycles. The van der Waals surface area contributed by atoms with Gasteiger partial charge in [-0.15, -0.1) is 0 Å². The Labute approximate surface area is 162 Å².